The van der Waals surface area contributed by atoms with E-state index in [1.54, 1.807) is 0 Å². The summed E-state index contributed by atoms with van der Waals surface area (Å²) in [7, 11) is -4.30. The van der Waals surface area contributed by atoms with Crippen LogP contribution in [0.2, 0.25) is 5.02 Å². The van der Waals surface area contributed by atoms with Crippen LogP contribution >= 0.6 is 23.8 Å². The molecule has 0 unspecified atom stereocenters. The third-order valence-electron chi connectivity index (χ3n) is 1.98. The van der Waals surface area contributed by atoms with Crippen LogP contribution in [-0.2, 0) is 10.0 Å². The molecular weight excluding hydrogens is 325 g/mol. The molecule has 0 aliphatic carbocycles. The second kappa shape index (κ2) is 5.61. The number of thiocarbonyl (C=S) groups is 1. The van der Waals surface area contributed by atoms with Gasteiger partial charge in [-0.3, -0.25) is 0 Å². The van der Waals surface area contributed by atoms with Gasteiger partial charge < -0.3 is 5.73 Å². The van der Waals surface area contributed by atoms with Gasteiger partial charge in [0.1, 0.15) is 11.5 Å². The van der Waals surface area contributed by atoms with E-state index < -0.39 is 27.6 Å². The maximum atomic E-state index is 12.0. The van der Waals surface area contributed by atoms with Crippen molar-refractivity contribution in [2.24, 2.45) is 5.73 Å². The maximum absolute atomic E-state index is 12.0. The predicted octanol–water partition coefficient (Wildman–Crippen LogP) is 1.81. The van der Waals surface area contributed by atoms with Crippen LogP contribution in [-0.4, -0.2) is 26.1 Å². The molecule has 0 saturated carbocycles. The molecule has 0 aliphatic rings. The van der Waals surface area contributed by atoms with Crippen molar-refractivity contribution in [3.63, 3.8) is 0 Å². The lowest BCUT2D eigenvalue weighted by Crippen LogP contribution is -2.33. The van der Waals surface area contributed by atoms with Crippen LogP contribution in [0, 0.1) is 0 Å². The molecule has 3 N–H and O–H groups in total. The Labute approximate surface area is 117 Å². The number of sulfonamides is 1. The maximum Gasteiger partial charge on any atom is 0.402 e. The molecule has 19 heavy (non-hydrogen) atoms. The van der Waals surface area contributed by atoms with Crippen molar-refractivity contribution in [3.8, 4) is 0 Å². The zero-order valence-electron chi connectivity index (χ0n) is 9.16. The summed E-state index contributed by atoms with van der Waals surface area (Å²) >= 11 is 10.4. The molecule has 0 amide bonds. The minimum atomic E-state index is -4.64. The second-order valence-electron chi connectivity index (χ2n) is 3.45. The molecule has 106 valence electrons. The number of hydrogen-bond donors (Lipinski definition) is 2. The van der Waals surface area contributed by atoms with Gasteiger partial charge in [-0.2, -0.15) is 13.2 Å². The van der Waals surface area contributed by atoms with Gasteiger partial charge in [-0.15, -0.1) is 0 Å². The third-order valence-corrected chi connectivity index (χ3v) is 3.91. The molecule has 0 radical (unpaired) electrons. The van der Waals surface area contributed by atoms with Crippen LogP contribution < -0.4 is 10.5 Å². The van der Waals surface area contributed by atoms with E-state index in [1.165, 1.54) is 10.8 Å². The summed E-state index contributed by atoms with van der Waals surface area (Å²) in [4.78, 5) is -0.445. The lowest BCUT2D eigenvalue weighted by Gasteiger charge is -2.10. The minimum Gasteiger partial charge on any atom is -0.389 e. The summed E-state index contributed by atoms with van der Waals surface area (Å²) in [5.41, 5.74) is 5.56. The first-order chi connectivity index (χ1) is 8.53. The molecule has 0 aromatic heterocycles. The van der Waals surface area contributed by atoms with Crippen molar-refractivity contribution in [1.82, 2.24) is 4.72 Å². The molecule has 0 atom stereocenters. The van der Waals surface area contributed by atoms with E-state index in [2.05, 4.69) is 12.2 Å². The molecule has 1 aromatic carbocycles. The Morgan fingerprint density at radius 1 is 1.42 bits per heavy atom. The summed E-state index contributed by atoms with van der Waals surface area (Å²) in [6.07, 6.45) is -4.64. The van der Waals surface area contributed by atoms with Gasteiger partial charge in [-0.05, 0) is 18.2 Å². The highest BCUT2D eigenvalue weighted by Gasteiger charge is 2.30. The highest BCUT2D eigenvalue weighted by atomic mass is 35.5. The van der Waals surface area contributed by atoms with Crippen molar-refractivity contribution >= 4 is 38.8 Å². The quantitative estimate of drug-likeness (QED) is 0.825. The van der Waals surface area contributed by atoms with Crippen molar-refractivity contribution in [3.05, 3.63) is 28.8 Å². The fraction of sp³-hybridized carbons (Fsp3) is 0.222. The molecule has 0 aliphatic heterocycles. The molecule has 1 aromatic rings. The van der Waals surface area contributed by atoms with E-state index in [9.17, 15) is 21.6 Å². The van der Waals surface area contributed by atoms with Gasteiger partial charge in [0.15, 0.2) is 0 Å². The Bertz CT molecular complexity index is 602. The van der Waals surface area contributed by atoms with Crippen LogP contribution in [0.15, 0.2) is 23.1 Å². The number of nitrogens with two attached hydrogens (primary N) is 1. The fourth-order valence-corrected chi connectivity index (χ4v) is 2.74. The van der Waals surface area contributed by atoms with E-state index >= 15 is 0 Å². The largest absolute Gasteiger partial charge is 0.402 e. The first-order valence-electron chi connectivity index (χ1n) is 4.69. The van der Waals surface area contributed by atoms with Crippen molar-refractivity contribution in [1.29, 1.82) is 0 Å². The molecule has 0 bridgehead atoms. The second-order valence-corrected chi connectivity index (χ2v) is 6.06. The Hall–Kier alpha value is -0.900. The lowest BCUT2D eigenvalue weighted by atomic mass is 10.2. The number of rotatable bonds is 4. The predicted molar refractivity (Wildman–Crippen MR) is 68.6 cm³/mol. The van der Waals surface area contributed by atoms with Crippen LogP contribution in [0.1, 0.15) is 5.56 Å². The first-order valence-corrected chi connectivity index (χ1v) is 6.95. The van der Waals surface area contributed by atoms with E-state index in [0.29, 0.717) is 0 Å². The zero-order chi connectivity index (χ0) is 14.8. The Morgan fingerprint density at radius 3 is 2.42 bits per heavy atom. The van der Waals surface area contributed by atoms with Crippen molar-refractivity contribution in [2.45, 2.75) is 11.1 Å². The zero-order valence-corrected chi connectivity index (χ0v) is 11.6. The normalized spacial score (nSPS) is 12.4. The number of nitrogens with one attached hydrogen (secondary N) is 1. The summed E-state index contributed by atoms with van der Waals surface area (Å²) in [5.74, 6) is 0. The van der Waals surface area contributed by atoms with Crippen LogP contribution in [0.5, 0.6) is 0 Å². The topological polar surface area (TPSA) is 72.2 Å². The van der Waals surface area contributed by atoms with Crippen LogP contribution in [0.4, 0.5) is 13.2 Å². The van der Waals surface area contributed by atoms with Gasteiger partial charge in [0.05, 0.1) is 9.92 Å². The smallest absolute Gasteiger partial charge is 0.389 e. The number of hydrogen-bond acceptors (Lipinski definition) is 3. The lowest BCUT2D eigenvalue weighted by molar-refractivity contribution is -0.121. The molecule has 1 rings (SSSR count). The van der Waals surface area contributed by atoms with Crippen LogP contribution in [0.25, 0.3) is 0 Å². The fourth-order valence-electron chi connectivity index (χ4n) is 1.12. The van der Waals surface area contributed by atoms with Crippen LogP contribution in [0.3, 0.4) is 0 Å². The number of benzene rings is 1. The molecule has 0 spiro atoms. The molecular formula is C9H8ClF3N2O2S2. The Morgan fingerprint density at radius 2 is 2.00 bits per heavy atom. The highest BCUT2D eigenvalue weighted by Crippen LogP contribution is 2.21. The SMILES string of the molecule is NC(=S)c1ccc(S(=O)(=O)NCC(F)(F)F)cc1Cl. The van der Waals surface area contributed by atoms with Gasteiger partial charge in [0, 0.05) is 5.56 Å². The standard InChI is InChI=1S/C9H8ClF3N2O2S2/c10-7-3-5(1-2-6(7)8(14)18)19(16,17)15-4-9(11,12)13/h1-3,15H,4H2,(H2,14,18). The summed E-state index contributed by atoms with van der Waals surface area (Å²) < 4.78 is 60.5. The molecule has 10 heteroatoms. The summed E-state index contributed by atoms with van der Waals surface area (Å²) in [6, 6.07) is 3.28. The first kappa shape index (κ1) is 16.2. The molecule has 0 saturated heterocycles. The van der Waals surface area contributed by atoms with Crippen molar-refractivity contribution in [2.75, 3.05) is 6.54 Å². The minimum absolute atomic E-state index is 0.0443. The van der Waals surface area contributed by atoms with E-state index in [1.807, 2.05) is 0 Å². The Kier molecular flexibility index (Phi) is 4.77. The summed E-state index contributed by atoms with van der Waals surface area (Å²) in [5, 5.41) is -0.0533. The molecule has 0 heterocycles. The number of alkyl halides is 3. The van der Waals surface area contributed by atoms with Gasteiger partial charge in [-0.25, -0.2) is 13.1 Å². The average molecular weight is 333 g/mol. The van der Waals surface area contributed by atoms with Gasteiger partial charge in [0.25, 0.3) is 0 Å². The molecule has 0 fully saturated rings. The third kappa shape index (κ3) is 4.60. The summed E-state index contributed by atoms with van der Waals surface area (Å²) in [6.45, 7) is -1.66. The van der Waals surface area contributed by atoms with Gasteiger partial charge in [0.2, 0.25) is 10.0 Å². The van der Waals surface area contributed by atoms with E-state index in [-0.39, 0.29) is 15.6 Å². The highest BCUT2D eigenvalue weighted by molar-refractivity contribution is 7.89. The average Bonchev–Trinajstić information content (AvgIpc) is 2.25. The van der Waals surface area contributed by atoms with E-state index in [4.69, 9.17) is 17.3 Å². The number of halogens is 4. The Balaban J connectivity index is 3.03. The van der Waals surface area contributed by atoms with Gasteiger partial charge in [-0.1, -0.05) is 23.8 Å². The van der Waals surface area contributed by atoms with Gasteiger partial charge >= 0.3 is 6.18 Å². The molecule has 4 nitrogen and oxygen atoms in total. The monoisotopic (exact) mass is 332 g/mol. The van der Waals surface area contributed by atoms with Crippen molar-refractivity contribution < 1.29 is 21.6 Å². The van der Waals surface area contributed by atoms with E-state index in [0.717, 1.165) is 12.1 Å².